The Hall–Kier alpha value is -1.16. The van der Waals surface area contributed by atoms with Crippen molar-refractivity contribution in [3.8, 4) is 0 Å². The summed E-state index contributed by atoms with van der Waals surface area (Å²) in [5.74, 6) is -0.429. The van der Waals surface area contributed by atoms with Crippen molar-refractivity contribution in [3.63, 3.8) is 0 Å². The topological polar surface area (TPSA) is 54.4 Å². The van der Waals surface area contributed by atoms with Crippen LogP contribution in [0.15, 0.2) is 17.0 Å². The van der Waals surface area contributed by atoms with E-state index in [2.05, 4.69) is 0 Å². The van der Waals surface area contributed by atoms with E-state index in [1.165, 1.54) is 0 Å². The zero-order valence-corrected chi connectivity index (χ0v) is 11.3. The molecule has 0 aromatic heterocycles. The largest absolute Gasteiger partial charge is 0.478 e. The first-order valence-corrected chi connectivity index (χ1v) is 7.15. The standard InChI is InChI=1S/C13H18O3S/c1-4-9-7-8-11(13(14)15)10(5-2)12(9)17(16)6-3/h7-8H,4-6H2,1-3H3,(H,14,15)/t17-/m1/s1. The zero-order valence-electron chi connectivity index (χ0n) is 10.4. The summed E-state index contributed by atoms with van der Waals surface area (Å²) in [6.45, 7) is 5.74. The maximum absolute atomic E-state index is 12.1. The maximum Gasteiger partial charge on any atom is 0.336 e. The number of hydrogen-bond donors (Lipinski definition) is 1. The van der Waals surface area contributed by atoms with Gasteiger partial charge in [-0.2, -0.15) is 0 Å². The van der Waals surface area contributed by atoms with E-state index in [-0.39, 0.29) is 5.56 Å². The fourth-order valence-electron chi connectivity index (χ4n) is 1.93. The summed E-state index contributed by atoms with van der Waals surface area (Å²) in [6.07, 6.45) is 1.37. The van der Waals surface area contributed by atoms with Gasteiger partial charge in [-0.05, 0) is 30.0 Å². The molecular weight excluding hydrogens is 236 g/mol. The summed E-state index contributed by atoms with van der Waals surface area (Å²) in [7, 11) is -1.10. The lowest BCUT2D eigenvalue weighted by Gasteiger charge is -2.14. The van der Waals surface area contributed by atoms with E-state index in [0.717, 1.165) is 22.4 Å². The predicted octanol–water partition coefficient (Wildman–Crippen LogP) is 2.64. The second kappa shape index (κ2) is 5.96. The second-order valence-corrected chi connectivity index (χ2v) is 5.40. The van der Waals surface area contributed by atoms with Crippen LogP contribution < -0.4 is 0 Å². The lowest BCUT2D eigenvalue weighted by Crippen LogP contribution is -2.10. The van der Waals surface area contributed by atoms with Crippen molar-refractivity contribution in [2.75, 3.05) is 5.75 Å². The molecular formula is C13H18O3S. The highest BCUT2D eigenvalue weighted by Gasteiger charge is 2.18. The van der Waals surface area contributed by atoms with Crippen LogP contribution in [0.25, 0.3) is 0 Å². The van der Waals surface area contributed by atoms with Gasteiger partial charge in [-0.1, -0.05) is 26.8 Å². The van der Waals surface area contributed by atoms with Gasteiger partial charge in [-0.15, -0.1) is 0 Å². The Bertz CT molecular complexity index is 452. The number of benzene rings is 1. The summed E-state index contributed by atoms with van der Waals surface area (Å²) in [5, 5.41) is 9.14. The molecule has 4 heteroatoms. The molecule has 0 aliphatic heterocycles. The Morgan fingerprint density at radius 3 is 2.29 bits per heavy atom. The molecule has 0 unspecified atom stereocenters. The van der Waals surface area contributed by atoms with Crippen LogP contribution >= 0.6 is 0 Å². The van der Waals surface area contributed by atoms with Crippen molar-refractivity contribution < 1.29 is 14.1 Å². The van der Waals surface area contributed by atoms with E-state index in [1.807, 2.05) is 20.8 Å². The van der Waals surface area contributed by atoms with E-state index >= 15 is 0 Å². The second-order valence-electron chi connectivity index (χ2n) is 3.73. The van der Waals surface area contributed by atoms with E-state index in [1.54, 1.807) is 12.1 Å². The average Bonchev–Trinajstić information content (AvgIpc) is 2.35. The summed E-state index contributed by atoms with van der Waals surface area (Å²) < 4.78 is 12.1. The van der Waals surface area contributed by atoms with Crippen LogP contribution in [0.5, 0.6) is 0 Å². The Kier molecular flexibility index (Phi) is 4.87. The van der Waals surface area contributed by atoms with Crippen molar-refractivity contribution >= 4 is 16.8 Å². The molecule has 0 heterocycles. The number of aryl methyl sites for hydroxylation is 1. The minimum atomic E-state index is -1.10. The summed E-state index contributed by atoms with van der Waals surface area (Å²) in [6, 6.07) is 3.40. The average molecular weight is 254 g/mol. The summed E-state index contributed by atoms with van der Waals surface area (Å²) >= 11 is 0. The van der Waals surface area contributed by atoms with Gasteiger partial charge in [0.1, 0.15) is 0 Å². The van der Waals surface area contributed by atoms with Gasteiger partial charge >= 0.3 is 5.97 Å². The third-order valence-electron chi connectivity index (χ3n) is 2.80. The van der Waals surface area contributed by atoms with Crippen molar-refractivity contribution in [2.24, 2.45) is 0 Å². The van der Waals surface area contributed by atoms with Gasteiger partial charge in [0.25, 0.3) is 0 Å². The molecule has 0 amide bonds. The van der Waals surface area contributed by atoms with Crippen LogP contribution in [0, 0.1) is 0 Å². The minimum Gasteiger partial charge on any atom is -0.478 e. The zero-order chi connectivity index (χ0) is 13.0. The predicted molar refractivity (Wildman–Crippen MR) is 69.1 cm³/mol. The molecule has 0 aliphatic carbocycles. The molecule has 0 bridgehead atoms. The van der Waals surface area contributed by atoms with Crippen molar-refractivity contribution in [1.82, 2.24) is 0 Å². The Morgan fingerprint density at radius 2 is 1.88 bits per heavy atom. The van der Waals surface area contributed by atoms with Gasteiger partial charge in [-0.25, -0.2) is 4.79 Å². The number of rotatable bonds is 5. The first kappa shape index (κ1) is 13.9. The molecule has 0 radical (unpaired) electrons. The van der Waals surface area contributed by atoms with Crippen LogP contribution in [-0.4, -0.2) is 21.0 Å². The van der Waals surface area contributed by atoms with E-state index in [4.69, 9.17) is 5.11 Å². The van der Waals surface area contributed by atoms with E-state index in [9.17, 15) is 9.00 Å². The van der Waals surface area contributed by atoms with Gasteiger partial charge in [0.15, 0.2) is 0 Å². The Labute approximate surface area is 104 Å². The number of carboxylic acids is 1. The van der Waals surface area contributed by atoms with Crippen LogP contribution in [-0.2, 0) is 23.6 Å². The molecule has 0 saturated carbocycles. The van der Waals surface area contributed by atoms with Crippen molar-refractivity contribution in [3.05, 3.63) is 28.8 Å². The van der Waals surface area contributed by atoms with Crippen molar-refractivity contribution in [1.29, 1.82) is 0 Å². The van der Waals surface area contributed by atoms with Crippen molar-refractivity contribution in [2.45, 2.75) is 38.5 Å². The van der Waals surface area contributed by atoms with Crippen LogP contribution in [0.1, 0.15) is 42.3 Å². The highest BCUT2D eigenvalue weighted by molar-refractivity contribution is 7.85. The lowest BCUT2D eigenvalue weighted by molar-refractivity contribution is 0.0695. The monoisotopic (exact) mass is 254 g/mol. The number of carboxylic acid groups (broad SMARTS) is 1. The van der Waals surface area contributed by atoms with Crippen LogP contribution in [0.4, 0.5) is 0 Å². The van der Waals surface area contributed by atoms with E-state index in [0.29, 0.717) is 12.2 Å². The smallest absolute Gasteiger partial charge is 0.336 e. The number of hydrogen-bond acceptors (Lipinski definition) is 2. The van der Waals surface area contributed by atoms with Gasteiger partial charge in [-0.3, -0.25) is 4.21 Å². The molecule has 1 aromatic rings. The Balaban J connectivity index is 3.54. The molecule has 1 atom stereocenters. The third kappa shape index (κ3) is 2.75. The number of aromatic carboxylic acids is 1. The molecule has 0 fully saturated rings. The molecule has 3 nitrogen and oxygen atoms in total. The third-order valence-corrected chi connectivity index (χ3v) is 4.29. The minimum absolute atomic E-state index is 0.279. The van der Waals surface area contributed by atoms with E-state index < -0.39 is 16.8 Å². The van der Waals surface area contributed by atoms with Gasteiger partial charge < -0.3 is 5.11 Å². The first-order chi connectivity index (χ1) is 8.06. The summed E-state index contributed by atoms with van der Waals surface area (Å²) in [4.78, 5) is 11.9. The molecule has 0 spiro atoms. The van der Waals surface area contributed by atoms with Crippen LogP contribution in [0.3, 0.4) is 0 Å². The molecule has 1 rings (SSSR count). The number of carbonyl (C=O) groups is 1. The SMILES string of the molecule is CCc1ccc(C(=O)O)c(CC)c1[S@](=O)CC. The highest BCUT2D eigenvalue weighted by Crippen LogP contribution is 2.24. The molecule has 0 aliphatic rings. The molecule has 1 N–H and O–H groups in total. The van der Waals surface area contributed by atoms with Gasteiger partial charge in [0.2, 0.25) is 0 Å². The lowest BCUT2D eigenvalue weighted by atomic mass is 10.0. The maximum atomic E-state index is 12.1. The normalized spacial score (nSPS) is 12.4. The first-order valence-electron chi connectivity index (χ1n) is 5.83. The molecule has 0 saturated heterocycles. The Morgan fingerprint density at radius 1 is 1.24 bits per heavy atom. The molecule has 94 valence electrons. The van der Waals surface area contributed by atoms with Gasteiger partial charge in [0, 0.05) is 10.6 Å². The summed E-state index contributed by atoms with van der Waals surface area (Å²) in [5.41, 5.74) is 1.99. The van der Waals surface area contributed by atoms with Crippen LogP contribution in [0.2, 0.25) is 0 Å². The molecule has 1 aromatic carbocycles. The fraction of sp³-hybridized carbons (Fsp3) is 0.462. The van der Waals surface area contributed by atoms with Gasteiger partial charge in [0.05, 0.1) is 16.4 Å². The highest BCUT2D eigenvalue weighted by atomic mass is 32.2. The quantitative estimate of drug-likeness (QED) is 0.878. The fourth-order valence-corrected chi connectivity index (χ4v) is 3.26. The molecule has 17 heavy (non-hydrogen) atoms.